The van der Waals surface area contributed by atoms with Crippen LogP contribution in [-0.2, 0) is 11.3 Å². The second-order valence-corrected chi connectivity index (χ2v) is 8.94. The van der Waals surface area contributed by atoms with Gasteiger partial charge in [-0.1, -0.05) is 25.1 Å². The van der Waals surface area contributed by atoms with Crippen LogP contribution in [0.25, 0.3) is 10.9 Å². The summed E-state index contributed by atoms with van der Waals surface area (Å²) in [6.45, 7) is 5.60. The van der Waals surface area contributed by atoms with Gasteiger partial charge in [-0.15, -0.1) is 0 Å². The molecule has 3 fully saturated rings. The van der Waals surface area contributed by atoms with Crippen LogP contribution in [0.15, 0.2) is 30.5 Å². The van der Waals surface area contributed by atoms with E-state index in [0.29, 0.717) is 12.0 Å². The number of hydrogen-bond donors (Lipinski definition) is 0. The van der Waals surface area contributed by atoms with Gasteiger partial charge in [-0.05, 0) is 56.4 Å². The average Bonchev–Trinajstić information content (AvgIpc) is 3.36. The lowest BCUT2D eigenvalue weighted by atomic mass is 9.98. The zero-order valence-corrected chi connectivity index (χ0v) is 15.9. The van der Waals surface area contributed by atoms with E-state index in [9.17, 15) is 0 Å². The Kier molecular flexibility index (Phi) is 4.49. The van der Waals surface area contributed by atoms with E-state index in [4.69, 9.17) is 4.74 Å². The smallest absolute Gasteiger partial charge is 0.0682 e. The molecule has 26 heavy (non-hydrogen) atoms. The molecule has 1 aromatic carbocycles. The fourth-order valence-corrected chi connectivity index (χ4v) is 5.10. The highest BCUT2D eigenvalue weighted by molar-refractivity contribution is 5.78. The van der Waals surface area contributed by atoms with Crippen molar-refractivity contribution in [2.75, 3.05) is 13.2 Å². The van der Waals surface area contributed by atoms with E-state index in [0.717, 1.165) is 31.2 Å². The number of aromatic nitrogens is 2. The summed E-state index contributed by atoms with van der Waals surface area (Å²) in [5.41, 5.74) is 1.26. The Morgan fingerprint density at radius 2 is 1.85 bits per heavy atom. The molecule has 0 unspecified atom stereocenters. The molecule has 4 atom stereocenters. The van der Waals surface area contributed by atoms with Crippen molar-refractivity contribution >= 4 is 10.9 Å². The molecule has 1 saturated carbocycles. The van der Waals surface area contributed by atoms with Crippen LogP contribution < -0.4 is 0 Å². The molecule has 1 aromatic heterocycles. The monoisotopic (exact) mass is 353 g/mol. The van der Waals surface area contributed by atoms with Gasteiger partial charge in [-0.2, -0.15) is 5.10 Å². The number of nitrogens with zero attached hydrogens (tertiary/aromatic N) is 3. The minimum Gasteiger partial charge on any atom is -0.378 e. The van der Waals surface area contributed by atoms with Crippen LogP contribution in [0.3, 0.4) is 0 Å². The summed E-state index contributed by atoms with van der Waals surface area (Å²) in [6.07, 6.45) is 10.5. The van der Waals surface area contributed by atoms with Crippen LogP contribution in [0.2, 0.25) is 0 Å². The first-order chi connectivity index (χ1) is 12.8. The van der Waals surface area contributed by atoms with E-state index in [-0.39, 0.29) is 0 Å². The second-order valence-electron chi connectivity index (χ2n) is 8.94. The van der Waals surface area contributed by atoms with Crippen LogP contribution in [0.1, 0.15) is 45.4 Å². The van der Waals surface area contributed by atoms with Crippen LogP contribution >= 0.6 is 0 Å². The van der Waals surface area contributed by atoms with Crippen molar-refractivity contribution < 1.29 is 4.74 Å². The van der Waals surface area contributed by atoms with Crippen molar-refractivity contribution in [2.24, 2.45) is 11.8 Å². The van der Waals surface area contributed by atoms with Gasteiger partial charge < -0.3 is 4.74 Å². The number of hydrogen-bond acceptors (Lipinski definition) is 3. The molecule has 4 nitrogen and oxygen atoms in total. The molecule has 0 spiro atoms. The van der Waals surface area contributed by atoms with E-state index < -0.39 is 0 Å². The quantitative estimate of drug-likeness (QED) is 0.751. The van der Waals surface area contributed by atoms with Gasteiger partial charge in [0.15, 0.2) is 0 Å². The van der Waals surface area contributed by atoms with Crippen LogP contribution in [0, 0.1) is 11.8 Å². The highest BCUT2D eigenvalue weighted by Gasteiger charge is 2.41. The van der Waals surface area contributed by atoms with Gasteiger partial charge in [0, 0.05) is 37.2 Å². The Labute approximate surface area is 156 Å². The van der Waals surface area contributed by atoms with Gasteiger partial charge in [0.1, 0.15) is 0 Å². The fraction of sp³-hybridized carbons (Fsp3) is 0.682. The van der Waals surface area contributed by atoms with Crippen molar-refractivity contribution in [3.05, 3.63) is 30.5 Å². The van der Waals surface area contributed by atoms with Gasteiger partial charge in [-0.3, -0.25) is 9.58 Å². The minimum absolute atomic E-state index is 0.523. The molecule has 2 saturated heterocycles. The Balaban J connectivity index is 1.18. The molecule has 4 heteroatoms. The summed E-state index contributed by atoms with van der Waals surface area (Å²) in [7, 11) is 0. The zero-order valence-electron chi connectivity index (χ0n) is 15.9. The SMILES string of the molecule is C[C@H](CN1[C@@H]2CC[C@H]1C[C@@H](OCC1CC1)C2)Cn1ncc2ccccc21. The van der Waals surface area contributed by atoms with Crippen LogP contribution in [-0.4, -0.2) is 46.0 Å². The lowest BCUT2D eigenvalue weighted by molar-refractivity contribution is -0.0276. The molecule has 3 heterocycles. The molecular formula is C22H31N3O. The predicted octanol–water partition coefficient (Wildman–Crippen LogP) is 4.09. The van der Waals surface area contributed by atoms with Crippen LogP contribution in [0.5, 0.6) is 0 Å². The zero-order chi connectivity index (χ0) is 17.5. The number of ether oxygens (including phenoxy) is 1. The van der Waals surface area contributed by atoms with Gasteiger partial charge in [-0.25, -0.2) is 0 Å². The van der Waals surface area contributed by atoms with E-state index in [1.54, 1.807) is 0 Å². The fourth-order valence-electron chi connectivity index (χ4n) is 5.10. The summed E-state index contributed by atoms with van der Waals surface area (Å²) in [4.78, 5) is 2.80. The number of fused-ring (bicyclic) bond motifs is 3. The summed E-state index contributed by atoms with van der Waals surface area (Å²) in [5.74, 6) is 1.50. The van der Waals surface area contributed by atoms with E-state index >= 15 is 0 Å². The van der Waals surface area contributed by atoms with Crippen LogP contribution in [0.4, 0.5) is 0 Å². The molecular weight excluding hydrogens is 322 g/mol. The number of piperidine rings is 1. The Hall–Kier alpha value is -1.39. The Morgan fingerprint density at radius 3 is 2.62 bits per heavy atom. The molecule has 140 valence electrons. The maximum Gasteiger partial charge on any atom is 0.0682 e. The minimum atomic E-state index is 0.523. The van der Waals surface area contributed by atoms with E-state index in [1.165, 1.54) is 56.0 Å². The van der Waals surface area contributed by atoms with Crippen molar-refractivity contribution in [2.45, 2.75) is 70.2 Å². The lowest BCUT2D eigenvalue weighted by Crippen LogP contribution is -2.47. The summed E-state index contributed by atoms with van der Waals surface area (Å²) >= 11 is 0. The lowest BCUT2D eigenvalue weighted by Gasteiger charge is -2.40. The topological polar surface area (TPSA) is 30.3 Å². The highest BCUT2D eigenvalue weighted by Crippen LogP contribution is 2.38. The standard InChI is InChI=1S/C22H31N3O/c1-16(14-25-22-5-3-2-4-18(22)12-23-25)13-24-19-8-9-20(24)11-21(10-19)26-15-17-6-7-17/h2-5,12,16-17,19-21H,6-11,13-15H2,1H3/t16-,19-,20+,21+/m1/s1. The maximum atomic E-state index is 6.23. The van der Waals surface area contributed by atoms with E-state index in [1.807, 2.05) is 6.20 Å². The highest BCUT2D eigenvalue weighted by atomic mass is 16.5. The van der Waals surface area contributed by atoms with Crippen molar-refractivity contribution in [1.29, 1.82) is 0 Å². The molecule has 0 N–H and O–H groups in total. The van der Waals surface area contributed by atoms with Gasteiger partial charge >= 0.3 is 0 Å². The summed E-state index contributed by atoms with van der Waals surface area (Å²) < 4.78 is 8.42. The number of benzene rings is 1. The van der Waals surface area contributed by atoms with Crippen molar-refractivity contribution in [3.8, 4) is 0 Å². The third kappa shape index (κ3) is 3.41. The van der Waals surface area contributed by atoms with E-state index in [2.05, 4.69) is 45.9 Å². The molecule has 2 aliphatic heterocycles. The average molecular weight is 354 g/mol. The normalized spacial score (nSPS) is 30.1. The first kappa shape index (κ1) is 16.8. The molecule has 0 amide bonds. The molecule has 0 radical (unpaired) electrons. The summed E-state index contributed by atoms with van der Waals surface area (Å²) in [5, 5.41) is 5.86. The number of para-hydroxylation sites is 1. The molecule has 1 aliphatic carbocycles. The third-order valence-electron chi connectivity index (χ3n) is 6.66. The Bertz CT molecular complexity index is 739. The first-order valence-corrected chi connectivity index (χ1v) is 10.5. The third-order valence-corrected chi connectivity index (χ3v) is 6.66. The van der Waals surface area contributed by atoms with Crippen molar-refractivity contribution in [1.82, 2.24) is 14.7 Å². The van der Waals surface area contributed by atoms with Crippen molar-refractivity contribution in [3.63, 3.8) is 0 Å². The molecule has 2 aromatic rings. The second kappa shape index (κ2) is 6.97. The largest absolute Gasteiger partial charge is 0.378 e. The predicted molar refractivity (Wildman–Crippen MR) is 104 cm³/mol. The van der Waals surface area contributed by atoms with Gasteiger partial charge in [0.2, 0.25) is 0 Å². The van der Waals surface area contributed by atoms with Gasteiger partial charge in [0.25, 0.3) is 0 Å². The molecule has 5 rings (SSSR count). The molecule has 3 aliphatic rings. The first-order valence-electron chi connectivity index (χ1n) is 10.5. The Morgan fingerprint density at radius 1 is 1.08 bits per heavy atom. The summed E-state index contributed by atoms with van der Waals surface area (Å²) in [6, 6.07) is 10.0. The number of rotatable bonds is 7. The maximum absolute atomic E-state index is 6.23. The van der Waals surface area contributed by atoms with Gasteiger partial charge in [0.05, 0.1) is 17.8 Å². The molecule has 2 bridgehead atoms.